The lowest BCUT2D eigenvalue weighted by molar-refractivity contribution is 0.0696. The van der Waals surface area contributed by atoms with Gasteiger partial charge in [0.25, 0.3) is 0 Å². The molecule has 1 aromatic carbocycles. The van der Waals surface area contributed by atoms with Crippen LogP contribution >= 0.6 is 15.9 Å². The molecule has 1 fully saturated rings. The summed E-state index contributed by atoms with van der Waals surface area (Å²) >= 11 is 3.31. The van der Waals surface area contributed by atoms with Gasteiger partial charge >= 0.3 is 5.97 Å². The molecule has 0 aliphatic heterocycles. The van der Waals surface area contributed by atoms with E-state index in [1.54, 1.807) is 6.07 Å². The highest BCUT2D eigenvalue weighted by Gasteiger charge is 2.13. The second kappa shape index (κ2) is 6.23. The van der Waals surface area contributed by atoms with Gasteiger partial charge in [-0.25, -0.2) is 4.79 Å². The number of rotatable bonds is 3. The number of aromatic carboxylic acids is 1. The Morgan fingerprint density at radius 2 is 1.89 bits per heavy atom. The van der Waals surface area contributed by atoms with E-state index in [0.29, 0.717) is 16.1 Å². The summed E-state index contributed by atoms with van der Waals surface area (Å²) in [5.74, 6) is -0.900. The Morgan fingerprint density at radius 1 is 1.22 bits per heavy atom. The molecule has 1 aliphatic carbocycles. The summed E-state index contributed by atoms with van der Waals surface area (Å²) in [6, 6.07) is 5.87. The van der Waals surface area contributed by atoms with Crippen LogP contribution in [0.5, 0.6) is 0 Å². The molecule has 0 heterocycles. The van der Waals surface area contributed by atoms with Gasteiger partial charge in [0, 0.05) is 16.2 Å². The zero-order valence-electron chi connectivity index (χ0n) is 10.3. The Balaban J connectivity index is 2.05. The minimum absolute atomic E-state index is 0.307. The third kappa shape index (κ3) is 3.48. The highest BCUT2D eigenvalue weighted by atomic mass is 79.9. The average molecular weight is 312 g/mol. The van der Waals surface area contributed by atoms with Crippen LogP contribution in [-0.2, 0) is 0 Å². The maximum absolute atomic E-state index is 10.9. The molecule has 2 N–H and O–H groups in total. The molecule has 1 saturated carbocycles. The van der Waals surface area contributed by atoms with E-state index in [2.05, 4.69) is 21.2 Å². The van der Waals surface area contributed by atoms with Gasteiger partial charge in [0.2, 0.25) is 0 Å². The van der Waals surface area contributed by atoms with Crippen molar-refractivity contribution in [3.05, 3.63) is 28.2 Å². The lowest BCUT2D eigenvalue weighted by Gasteiger charge is -2.18. The van der Waals surface area contributed by atoms with Crippen LogP contribution in [0.1, 0.15) is 48.9 Å². The second-order valence-electron chi connectivity index (χ2n) is 4.83. The van der Waals surface area contributed by atoms with E-state index < -0.39 is 5.97 Å². The lowest BCUT2D eigenvalue weighted by atomic mass is 10.1. The maximum Gasteiger partial charge on any atom is 0.336 e. The summed E-state index contributed by atoms with van der Waals surface area (Å²) in [6.45, 7) is 0. The van der Waals surface area contributed by atoms with Gasteiger partial charge < -0.3 is 10.4 Å². The number of halogens is 1. The molecule has 1 aromatic rings. The standard InChI is InChI=1S/C14H18BrNO2/c15-13-9-11(7-8-12(13)14(17)18)16-10-5-3-1-2-4-6-10/h7-10,16H,1-6H2,(H,17,18). The van der Waals surface area contributed by atoms with E-state index >= 15 is 0 Å². The summed E-state index contributed by atoms with van der Waals surface area (Å²) < 4.78 is 0.633. The normalized spacial score (nSPS) is 17.2. The first-order valence-electron chi connectivity index (χ1n) is 6.46. The predicted octanol–water partition coefficient (Wildman–Crippen LogP) is 4.28. The number of hydrogen-bond acceptors (Lipinski definition) is 2. The van der Waals surface area contributed by atoms with Crippen molar-refractivity contribution in [3.8, 4) is 0 Å². The molecule has 0 aromatic heterocycles. The zero-order valence-corrected chi connectivity index (χ0v) is 11.9. The van der Waals surface area contributed by atoms with E-state index in [9.17, 15) is 4.79 Å². The number of anilines is 1. The number of hydrogen-bond donors (Lipinski definition) is 2. The summed E-state index contributed by atoms with van der Waals surface area (Å²) in [6.07, 6.45) is 7.65. The third-order valence-corrected chi connectivity index (χ3v) is 4.08. The Labute approximate surface area is 116 Å². The van der Waals surface area contributed by atoms with Crippen LogP contribution in [0, 0.1) is 0 Å². The van der Waals surface area contributed by atoms with Crippen molar-refractivity contribution in [1.29, 1.82) is 0 Å². The average Bonchev–Trinajstić information content (AvgIpc) is 2.57. The van der Waals surface area contributed by atoms with Crippen molar-refractivity contribution in [3.63, 3.8) is 0 Å². The van der Waals surface area contributed by atoms with Crippen molar-refractivity contribution in [1.82, 2.24) is 0 Å². The van der Waals surface area contributed by atoms with Crippen LogP contribution in [-0.4, -0.2) is 17.1 Å². The van der Waals surface area contributed by atoms with Crippen molar-refractivity contribution in [2.24, 2.45) is 0 Å². The molecule has 0 atom stereocenters. The number of carboxylic acids is 1. The van der Waals surface area contributed by atoms with E-state index in [-0.39, 0.29) is 0 Å². The Hall–Kier alpha value is -1.03. The predicted molar refractivity (Wildman–Crippen MR) is 76.2 cm³/mol. The molecule has 0 amide bonds. The molecule has 4 heteroatoms. The fourth-order valence-electron chi connectivity index (χ4n) is 2.44. The van der Waals surface area contributed by atoms with Crippen LogP contribution < -0.4 is 5.32 Å². The molecular formula is C14H18BrNO2. The molecule has 18 heavy (non-hydrogen) atoms. The third-order valence-electron chi connectivity index (χ3n) is 3.43. The summed E-state index contributed by atoms with van der Waals surface area (Å²) in [5.41, 5.74) is 1.31. The number of benzene rings is 1. The lowest BCUT2D eigenvalue weighted by Crippen LogP contribution is -2.18. The summed E-state index contributed by atoms with van der Waals surface area (Å²) in [7, 11) is 0. The fourth-order valence-corrected chi connectivity index (χ4v) is 2.99. The van der Waals surface area contributed by atoms with Gasteiger partial charge in [0.15, 0.2) is 0 Å². The number of carboxylic acid groups (broad SMARTS) is 1. The summed E-state index contributed by atoms with van der Waals surface area (Å²) in [4.78, 5) is 10.9. The molecule has 0 spiro atoms. The van der Waals surface area contributed by atoms with E-state index in [4.69, 9.17) is 5.11 Å². The van der Waals surface area contributed by atoms with E-state index in [1.807, 2.05) is 12.1 Å². The number of nitrogens with one attached hydrogen (secondary N) is 1. The van der Waals surface area contributed by atoms with Gasteiger partial charge in [-0.3, -0.25) is 0 Å². The fraction of sp³-hybridized carbons (Fsp3) is 0.500. The molecule has 0 unspecified atom stereocenters. The molecule has 1 aliphatic rings. The second-order valence-corrected chi connectivity index (χ2v) is 5.69. The first-order chi connectivity index (χ1) is 8.66. The molecule has 0 radical (unpaired) electrons. The van der Waals surface area contributed by atoms with E-state index in [0.717, 1.165) is 5.69 Å². The van der Waals surface area contributed by atoms with Crippen LogP contribution in [0.2, 0.25) is 0 Å². The molecule has 3 nitrogen and oxygen atoms in total. The van der Waals surface area contributed by atoms with Gasteiger partial charge in [0.05, 0.1) is 5.56 Å². The monoisotopic (exact) mass is 311 g/mol. The maximum atomic E-state index is 10.9. The highest BCUT2D eigenvalue weighted by molar-refractivity contribution is 9.10. The Bertz CT molecular complexity index is 426. The Kier molecular flexibility index (Phi) is 4.64. The van der Waals surface area contributed by atoms with Crippen molar-refractivity contribution in [2.45, 2.75) is 44.6 Å². The quantitative estimate of drug-likeness (QED) is 0.819. The van der Waals surface area contributed by atoms with Crippen LogP contribution in [0.4, 0.5) is 5.69 Å². The van der Waals surface area contributed by atoms with Crippen LogP contribution in [0.3, 0.4) is 0 Å². The van der Waals surface area contributed by atoms with Crippen LogP contribution in [0.15, 0.2) is 22.7 Å². The topological polar surface area (TPSA) is 49.3 Å². The van der Waals surface area contributed by atoms with Crippen molar-refractivity contribution in [2.75, 3.05) is 5.32 Å². The largest absolute Gasteiger partial charge is 0.478 e. The molecule has 0 saturated heterocycles. The van der Waals surface area contributed by atoms with Gasteiger partial charge in [-0.05, 0) is 47.0 Å². The number of carbonyl (C=O) groups is 1. The van der Waals surface area contributed by atoms with Crippen LogP contribution in [0.25, 0.3) is 0 Å². The van der Waals surface area contributed by atoms with Crippen molar-refractivity contribution >= 4 is 27.6 Å². The highest BCUT2D eigenvalue weighted by Crippen LogP contribution is 2.25. The van der Waals surface area contributed by atoms with Gasteiger partial charge in [0.1, 0.15) is 0 Å². The minimum atomic E-state index is -0.900. The first-order valence-corrected chi connectivity index (χ1v) is 7.25. The van der Waals surface area contributed by atoms with E-state index in [1.165, 1.54) is 38.5 Å². The van der Waals surface area contributed by atoms with Crippen molar-refractivity contribution < 1.29 is 9.90 Å². The smallest absolute Gasteiger partial charge is 0.336 e. The summed E-state index contributed by atoms with van der Waals surface area (Å²) in [5, 5.41) is 12.5. The minimum Gasteiger partial charge on any atom is -0.478 e. The zero-order chi connectivity index (χ0) is 13.0. The molecule has 2 rings (SSSR count). The van der Waals surface area contributed by atoms with Gasteiger partial charge in [-0.2, -0.15) is 0 Å². The molecule has 98 valence electrons. The van der Waals surface area contributed by atoms with Gasteiger partial charge in [-0.1, -0.05) is 25.7 Å². The Morgan fingerprint density at radius 3 is 2.44 bits per heavy atom. The molecule has 0 bridgehead atoms. The SMILES string of the molecule is O=C(O)c1ccc(NC2CCCCCC2)cc1Br. The first kappa shape index (κ1) is 13.4. The van der Waals surface area contributed by atoms with Gasteiger partial charge in [-0.15, -0.1) is 0 Å². The molecular weight excluding hydrogens is 294 g/mol.